The monoisotopic (exact) mass is 286 g/mol. The van der Waals surface area contributed by atoms with E-state index in [1.807, 2.05) is 0 Å². The standard InChI is InChI=1S/C14H26N2O2S/c1-2-12-9-15-14(6-3-4-7-14)11-16(12)13-5-8-19(17,18)10-13/h12-13,15H,2-11H2,1H3. The second kappa shape index (κ2) is 5.01. The van der Waals surface area contributed by atoms with E-state index in [9.17, 15) is 8.42 Å². The minimum Gasteiger partial charge on any atom is -0.308 e. The van der Waals surface area contributed by atoms with Gasteiger partial charge in [-0.1, -0.05) is 19.8 Å². The third kappa shape index (κ3) is 2.69. The molecule has 1 spiro atoms. The number of rotatable bonds is 2. The summed E-state index contributed by atoms with van der Waals surface area (Å²) < 4.78 is 23.5. The van der Waals surface area contributed by atoms with E-state index in [1.165, 1.54) is 25.7 Å². The second-order valence-electron chi connectivity index (χ2n) is 6.66. The first kappa shape index (κ1) is 13.8. The number of hydrogen-bond acceptors (Lipinski definition) is 4. The van der Waals surface area contributed by atoms with Crippen molar-refractivity contribution in [1.29, 1.82) is 0 Å². The summed E-state index contributed by atoms with van der Waals surface area (Å²) in [6.07, 6.45) is 7.12. The Morgan fingerprint density at radius 3 is 2.63 bits per heavy atom. The van der Waals surface area contributed by atoms with E-state index in [1.54, 1.807) is 0 Å². The molecule has 0 radical (unpaired) electrons. The number of hydrogen-bond donors (Lipinski definition) is 1. The smallest absolute Gasteiger partial charge is 0.151 e. The first-order chi connectivity index (χ1) is 9.04. The van der Waals surface area contributed by atoms with Gasteiger partial charge in [0.15, 0.2) is 9.84 Å². The zero-order chi connectivity index (χ0) is 13.5. The lowest BCUT2D eigenvalue weighted by Crippen LogP contribution is -2.65. The zero-order valence-corrected chi connectivity index (χ0v) is 12.7. The molecule has 1 N–H and O–H groups in total. The summed E-state index contributed by atoms with van der Waals surface area (Å²) in [4.78, 5) is 2.53. The molecule has 1 aliphatic carbocycles. The lowest BCUT2D eigenvalue weighted by atomic mass is 9.90. The van der Waals surface area contributed by atoms with Crippen molar-refractivity contribution in [2.24, 2.45) is 0 Å². The average molecular weight is 286 g/mol. The lowest BCUT2D eigenvalue weighted by Gasteiger charge is -2.48. The van der Waals surface area contributed by atoms with Crippen molar-refractivity contribution < 1.29 is 8.42 Å². The van der Waals surface area contributed by atoms with E-state index in [0.29, 0.717) is 17.5 Å². The van der Waals surface area contributed by atoms with Gasteiger partial charge in [0.25, 0.3) is 0 Å². The van der Waals surface area contributed by atoms with Gasteiger partial charge in [-0.25, -0.2) is 8.42 Å². The molecule has 2 heterocycles. The van der Waals surface area contributed by atoms with Crippen LogP contribution in [0.4, 0.5) is 0 Å². The van der Waals surface area contributed by atoms with Crippen molar-refractivity contribution in [1.82, 2.24) is 10.2 Å². The normalized spacial score (nSPS) is 37.9. The topological polar surface area (TPSA) is 49.4 Å². The Labute approximate surface area is 116 Å². The molecule has 0 bridgehead atoms. The Morgan fingerprint density at radius 2 is 2.05 bits per heavy atom. The van der Waals surface area contributed by atoms with Crippen LogP contribution in [0.2, 0.25) is 0 Å². The quantitative estimate of drug-likeness (QED) is 0.828. The summed E-state index contributed by atoms with van der Waals surface area (Å²) in [6.45, 7) is 4.31. The van der Waals surface area contributed by atoms with Gasteiger partial charge in [-0.3, -0.25) is 4.90 Å². The number of sulfone groups is 1. The molecule has 0 aromatic rings. The van der Waals surface area contributed by atoms with E-state index in [4.69, 9.17) is 0 Å². The van der Waals surface area contributed by atoms with Gasteiger partial charge in [-0.05, 0) is 25.7 Å². The van der Waals surface area contributed by atoms with Crippen LogP contribution in [0, 0.1) is 0 Å². The molecule has 2 aliphatic heterocycles. The largest absolute Gasteiger partial charge is 0.308 e. The molecule has 1 saturated carbocycles. The molecule has 3 aliphatic rings. The SMILES string of the molecule is CCC1CNC2(CCCC2)CN1C1CCS(=O)(=O)C1. The number of nitrogens with one attached hydrogen (secondary N) is 1. The summed E-state index contributed by atoms with van der Waals surface area (Å²) in [6, 6.07) is 0.791. The highest BCUT2D eigenvalue weighted by Gasteiger charge is 2.44. The highest BCUT2D eigenvalue weighted by atomic mass is 32.2. The van der Waals surface area contributed by atoms with E-state index in [2.05, 4.69) is 17.1 Å². The molecule has 2 atom stereocenters. The maximum absolute atomic E-state index is 11.7. The van der Waals surface area contributed by atoms with Gasteiger partial charge in [0, 0.05) is 30.7 Å². The summed E-state index contributed by atoms with van der Waals surface area (Å²) in [7, 11) is -2.77. The van der Waals surface area contributed by atoms with Crippen molar-refractivity contribution >= 4 is 9.84 Å². The maximum atomic E-state index is 11.7. The third-order valence-corrected chi connectivity index (χ3v) is 7.13. The summed E-state index contributed by atoms with van der Waals surface area (Å²) in [5, 5.41) is 3.78. The van der Waals surface area contributed by atoms with Crippen LogP contribution in [0.25, 0.3) is 0 Å². The van der Waals surface area contributed by atoms with E-state index >= 15 is 0 Å². The van der Waals surface area contributed by atoms with Gasteiger partial charge < -0.3 is 5.32 Å². The van der Waals surface area contributed by atoms with Crippen molar-refractivity contribution in [3.8, 4) is 0 Å². The molecule has 3 rings (SSSR count). The van der Waals surface area contributed by atoms with Gasteiger partial charge >= 0.3 is 0 Å². The van der Waals surface area contributed by atoms with Crippen LogP contribution in [0.15, 0.2) is 0 Å². The van der Waals surface area contributed by atoms with Gasteiger partial charge in [-0.2, -0.15) is 0 Å². The molecule has 110 valence electrons. The Bertz CT molecular complexity index is 429. The second-order valence-corrected chi connectivity index (χ2v) is 8.89. The fourth-order valence-electron chi connectivity index (χ4n) is 4.22. The van der Waals surface area contributed by atoms with Crippen LogP contribution < -0.4 is 5.32 Å². The first-order valence-corrected chi connectivity index (χ1v) is 9.57. The Hall–Kier alpha value is -0.130. The lowest BCUT2D eigenvalue weighted by molar-refractivity contribution is 0.0491. The van der Waals surface area contributed by atoms with E-state index < -0.39 is 9.84 Å². The minimum absolute atomic E-state index is 0.273. The summed E-state index contributed by atoms with van der Waals surface area (Å²) >= 11 is 0. The zero-order valence-electron chi connectivity index (χ0n) is 11.9. The molecule has 0 amide bonds. The molecule has 3 fully saturated rings. The Morgan fingerprint density at radius 1 is 1.32 bits per heavy atom. The maximum Gasteiger partial charge on any atom is 0.151 e. The van der Waals surface area contributed by atoms with Crippen LogP contribution in [-0.4, -0.2) is 55.5 Å². The molecule has 0 aromatic carbocycles. The molecular formula is C14H26N2O2S. The van der Waals surface area contributed by atoms with Crippen molar-refractivity contribution in [2.45, 2.75) is 63.1 Å². The van der Waals surface area contributed by atoms with Crippen molar-refractivity contribution in [3.05, 3.63) is 0 Å². The molecule has 2 unspecified atom stereocenters. The van der Waals surface area contributed by atoms with Crippen molar-refractivity contribution in [2.75, 3.05) is 24.6 Å². The van der Waals surface area contributed by atoms with Gasteiger partial charge in [-0.15, -0.1) is 0 Å². The summed E-state index contributed by atoms with van der Waals surface area (Å²) in [5.41, 5.74) is 0.290. The first-order valence-electron chi connectivity index (χ1n) is 7.75. The van der Waals surface area contributed by atoms with Crippen LogP contribution in [0.3, 0.4) is 0 Å². The van der Waals surface area contributed by atoms with Crippen LogP contribution in [0.1, 0.15) is 45.4 Å². The highest BCUT2D eigenvalue weighted by Crippen LogP contribution is 2.35. The molecule has 2 saturated heterocycles. The predicted molar refractivity (Wildman–Crippen MR) is 77.0 cm³/mol. The Kier molecular flexibility index (Phi) is 3.65. The number of piperazine rings is 1. The van der Waals surface area contributed by atoms with E-state index in [-0.39, 0.29) is 11.6 Å². The molecular weight excluding hydrogens is 260 g/mol. The molecule has 4 nitrogen and oxygen atoms in total. The highest BCUT2D eigenvalue weighted by molar-refractivity contribution is 7.91. The van der Waals surface area contributed by atoms with E-state index in [0.717, 1.165) is 25.9 Å². The van der Waals surface area contributed by atoms with Gasteiger partial charge in [0.05, 0.1) is 11.5 Å². The fraction of sp³-hybridized carbons (Fsp3) is 1.00. The molecule has 0 aromatic heterocycles. The Balaban J connectivity index is 1.76. The average Bonchev–Trinajstić information content (AvgIpc) is 2.96. The van der Waals surface area contributed by atoms with Crippen LogP contribution in [0.5, 0.6) is 0 Å². The fourth-order valence-corrected chi connectivity index (χ4v) is 5.96. The van der Waals surface area contributed by atoms with Crippen molar-refractivity contribution in [3.63, 3.8) is 0 Å². The molecule has 19 heavy (non-hydrogen) atoms. The number of nitrogens with zero attached hydrogens (tertiary/aromatic N) is 1. The predicted octanol–water partition coefficient (Wildman–Crippen LogP) is 1.17. The van der Waals surface area contributed by atoms with Gasteiger partial charge in [0.1, 0.15) is 0 Å². The summed E-state index contributed by atoms with van der Waals surface area (Å²) in [5.74, 6) is 0.782. The minimum atomic E-state index is -2.77. The van der Waals surface area contributed by atoms with Gasteiger partial charge in [0.2, 0.25) is 0 Å². The van der Waals surface area contributed by atoms with Crippen LogP contribution in [-0.2, 0) is 9.84 Å². The van der Waals surface area contributed by atoms with Crippen LogP contribution >= 0.6 is 0 Å². The molecule has 5 heteroatoms. The third-order valence-electron chi connectivity index (χ3n) is 5.38.